The van der Waals surface area contributed by atoms with E-state index >= 15 is 0 Å². The maximum Gasteiger partial charge on any atom is 0.0252 e. The SMILES string of the molecule is CC1CNC(C)(C)CN1CCC1=CCCCC1. The molecular weight excluding hydrogens is 208 g/mol. The Morgan fingerprint density at radius 3 is 2.94 bits per heavy atom. The summed E-state index contributed by atoms with van der Waals surface area (Å²) < 4.78 is 0. The van der Waals surface area contributed by atoms with Crippen molar-refractivity contribution in [3.8, 4) is 0 Å². The Morgan fingerprint density at radius 1 is 1.41 bits per heavy atom. The summed E-state index contributed by atoms with van der Waals surface area (Å²) in [7, 11) is 0. The lowest BCUT2D eigenvalue weighted by Crippen LogP contribution is -2.60. The van der Waals surface area contributed by atoms with Crippen molar-refractivity contribution < 1.29 is 0 Å². The molecule has 1 N–H and O–H groups in total. The van der Waals surface area contributed by atoms with Crippen molar-refractivity contribution in [3.05, 3.63) is 11.6 Å². The lowest BCUT2D eigenvalue weighted by Gasteiger charge is -2.43. The normalized spacial score (nSPS) is 30.1. The first kappa shape index (κ1) is 13.1. The highest BCUT2D eigenvalue weighted by molar-refractivity contribution is 5.05. The van der Waals surface area contributed by atoms with Gasteiger partial charge in [-0.25, -0.2) is 0 Å². The Kier molecular flexibility index (Phi) is 4.26. The maximum atomic E-state index is 3.62. The Labute approximate surface area is 106 Å². The van der Waals surface area contributed by atoms with E-state index in [0.29, 0.717) is 6.04 Å². The van der Waals surface area contributed by atoms with Crippen LogP contribution in [0.1, 0.15) is 52.9 Å². The lowest BCUT2D eigenvalue weighted by atomic mass is 9.95. The van der Waals surface area contributed by atoms with E-state index in [1.54, 1.807) is 5.57 Å². The zero-order valence-electron chi connectivity index (χ0n) is 11.8. The number of nitrogens with one attached hydrogen (secondary N) is 1. The highest BCUT2D eigenvalue weighted by Gasteiger charge is 2.29. The fourth-order valence-corrected chi connectivity index (χ4v) is 2.99. The molecule has 0 aromatic rings. The van der Waals surface area contributed by atoms with Crippen molar-refractivity contribution in [1.29, 1.82) is 0 Å². The number of rotatable bonds is 3. The van der Waals surface area contributed by atoms with Gasteiger partial charge in [0.05, 0.1) is 0 Å². The van der Waals surface area contributed by atoms with Crippen molar-refractivity contribution in [1.82, 2.24) is 10.2 Å². The van der Waals surface area contributed by atoms with E-state index in [1.165, 1.54) is 45.2 Å². The van der Waals surface area contributed by atoms with Gasteiger partial charge in [0.25, 0.3) is 0 Å². The van der Waals surface area contributed by atoms with Gasteiger partial charge in [-0.1, -0.05) is 11.6 Å². The molecule has 1 aliphatic carbocycles. The third-order valence-electron chi connectivity index (χ3n) is 4.20. The van der Waals surface area contributed by atoms with Gasteiger partial charge in [0.15, 0.2) is 0 Å². The van der Waals surface area contributed by atoms with Crippen LogP contribution >= 0.6 is 0 Å². The van der Waals surface area contributed by atoms with Crippen molar-refractivity contribution in [2.75, 3.05) is 19.6 Å². The van der Waals surface area contributed by atoms with Gasteiger partial charge in [-0.2, -0.15) is 0 Å². The minimum atomic E-state index is 0.285. The van der Waals surface area contributed by atoms with E-state index in [-0.39, 0.29) is 5.54 Å². The van der Waals surface area contributed by atoms with E-state index in [2.05, 4.69) is 37.1 Å². The predicted molar refractivity (Wildman–Crippen MR) is 74.3 cm³/mol. The zero-order valence-corrected chi connectivity index (χ0v) is 11.8. The van der Waals surface area contributed by atoms with Gasteiger partial charge < -0.3 is 5.32 Å². The van der Waals surface area contributed by atoms with Crippen molar-refractivity contribution in [3.63, 3.8) is 0 Å². The Morgan fingerprint density at radius 2 is 2.24 bits per heavy atom. The summed E-state index contributed by atoms with van der Waals surface area (Å²) in [6.45, 7) is 10.5. The minimum Gasteiger partial charge on any atom is -0.309 e. The second kappa shape index (κ2) is 5.53. The fourth-order valence-electron chi connectivity index (χ4n) is 2.99. The summed E-state index contributed by atoms with van der Waals surface area (Å²) >= 11 is 0. The summed E-state index contributed by atoms with van der Waals surface area (Å²) in [5, 5.41) is 3.62. The van der Waals surface area contributed by atoms with Crippen molar-refractivity contribution in [2.24, 2.45) is 0 Å². The van der Waals surface area contributed by atoms with Crippen LogP contribution in [0.15, 0.2) is 11.6 Å². The molecule has 2 nitrogen and oxygen atoms in total. The van der Waals surface area contributed by atoms with E-state index < -0.39 is 0 Å². The number of piperazine rings is 1. The number of hydrogen-bond donors (Lipinski definition) is 1. The molecule has 98 valence electrons. The van der Waals surface area contributed by atoms with Crippen LogP contribution in [0.5, 0.6) is 0 Å². The van der Waals surface area contributed by atoms with Crippen LogP contribution in [-0.2, 0) is 0 Å². The van der Waals surface area contributed by atoms with Crippen LogP contribution in [0.2, 0.25) is 0 Å². The Balaban J connectivity index is 1.82. The second-order valence-electron chi connectivity index (χ2n) is 6.44. The van der Waals surface area contributed by atoms with E-state index in [9.17, 15) is 0 Å². The first-order valence-electron chi connectivity index (χ1n) is 7.24. The molecule has 1 heterocycles. The minimum absolute atomic E-state index is 0.285. The number of hydrogen-bond acceptors (Lipinski definition) is 2. The molecule has 2 heteroatoms. The molecule has 1 saturated heterocycles. The molecule has 0 spiro atoms. The molecule has 1 unspecified atom stereocenters. The Bertz CT molecular complexity index is 281. The van der Waals surface area contributed by atoms with Gasteiger partial charge in [-0.3, -0.25) is 4.90 Å². The molecule has 0 amide bonds. The molecular formula is C15H28N2. The monoisotopic (exact) mass is 236 g/mol. The van der Waals surface area contributed by atoms with E-state index in [0.717, 1.165) is 6.54 Å². The van der Waals surface area contributed by atoms with E-state index in [4.69, 9.17) is 0 Å². The van der Waals surface area contributed by atoms with Gasteiger partial charge in [0, 0.05) is 31.2 Å². The topological polar surface area (TPSA) is 15.3 Å². The standard InChI is InChI=1S/C15H28N2/c1-13-11-16-15(2,3)12-17(13)10-9-14-7-5-4-6-8-14/h7,13,16H,4-6,8-12H2,1-3H3. The van der Waals surface area contributed by atoms with E-state index in [1.807, 2.05) is 0 Å². The van der Waals surface area contributed by atoms with Gasteiger partial charge in [0.2, 0.25) is 0 Å². The molecule has 17 heavy (non-hydrogen) atoms. The zero-order chi connectivity index (χ0) is 12.3. The van der Waals surface area contributed by atoms with Crippen LogP contribution in [0, 0.1) is 0 Å². The summed E-state index contributed by atoms with van der Waals surface area (Å²) in [5.74, 6) is 0. The molecule has 0 aromatic carbocycles. The summed E-state index contributed by atoms with van der Waals surface area (Å²) in [4.78, 5) is 2.66. The predicted octanol–water partition coefficient (Wildman–Crippen LogP) is 2.95. The fraction of sp³-hybridized carbons (Fsp3) is 0.867. The highest BCUT2D eigenvalue weighted by atomic mass is 15.2. The van der Waals surface area contributed by atoms with Gasteiger partial charge in [-0.15, -0.1) is 0 Å². The largest absolute Gasteiger partial charge is 0.309 e. The molecule has 1 atom stereocenters. The smallest absolute Gasteiger partial charge is 0.0252 e. The maximum absolute atomic E-state index is 3.62. The summed E-state index contributed by atoms with van der Waals surface area (Å²) in [5.41, 5.74) is 1.99. The highest BCUT2D eigenvalue weighted by Crippen LogP contribution is 2.22. The van der Waals surface area contributed by atoms with Gasteiger partial charge >= 0.3 is 0 Å². The molecule has 0 radical (unpaired) electrons. The van der Waals surface area contributed by atoms with Crippen LogP contribution in [0.3, 0.4) is 0 Å². The van der Waals surface area contributed by atoms with Crippen molar-refractivity contribution >= 4 is 0 Å². The molecule has 1 aliphatic heterocycles. The number of allylic oxidation sites excluding steroid dienone is 1. The molecule has 0 saturated carbocycles. The lowest BCUT2D eigenvalue weighted by molar-refractivity contribution is 0.106. The van der Waals surface area contributed by atoms with Gasteiger partial charge in [-0.05, 0) is 52.9 Å². The third kappa shape index (κ3) is 3.82. The molecule has 2 rings (SSSR count). The summed E-state index contributed by atoms with van der Waals surface area (Å²) in [6.07, 6.45) is 9.26. The quantitative estimate of drug-likeness (QED) is 0.758. The van der Waals surface area contributed by atoms with Crippen molar-refractivity contribution in [2.45, 2.75) is 64.5 Å². The van der Waals surface area contributed by atoms with Crippen LogP contribution in [0.4, 0.5) is 0 Å². The first-order valence-corrected chi connectivity index (χ1v) is 7.24. The first-order chi connectivity index (χ1) is 8.07. The van der Waals surface area contributed by atoms with Crippen LogP contribution < -0.4 is 5.32 Å². The second-order valence-corrected chi connectivity index (χ2v) is 6.44. The summed E-state index contributed by atoms with van der Waals surface area (Å²) in [6, 6.07) is 0.687. The Hall–Kier alpha value is -0.340. The molecule has 0 bridgehead atoms. The van der Waals surface area contributed by atoms with Gasteiger partial charge in [0.1, 0.15) is 0 Å². The average molecular weight is 236 g/mol. The third-order valence-corrected chi connectivity index (χ3v) is 4.20. The average Bonchev–Trinajstić information content (AvgIpc) is 2.32. The molecule has 1 fully saturated rings. The van der Waals surface area contributed by atoms with Crippen LogP contribution in [-0.4, -0.2) is 36.1 Å². The van der Waals surface area contributed by atoms with Crippen LogP contribution in [0.25, 0.3) is 0 Å². The number of nitrogens with zero attached hydrogens (tertiary/aromatic N) is 1. The molecule has 2 aliphatic rings. The molecule has 0 aromatic heterocycles.